The highest BCUT2D eigenvalue weighted by atomic mass is 31.1. The van der Waals surface area contributed by atoms with E-state index in [0.29, 0.717) is 0 Å². The third kappa shape index (κ3) is 3.36. The summed E-state index contributed by atoms with van der Waals surface area (Å²) in [7, 11) is -2.75. The predicted molar refractivity (Wildman–Crippen MR) is 37.9 cm³/mol. The molecular weight excluding hydrogens is 153 g/mol. The third-order valence-electron chi connectivity index (χ3n) is 0.884. The van der Waals surface area contributed by atoms with Crippen LogP contribution >= 0.6 is 8.03 Å². The Morgan fingerprint density at radius 2 is 2.50 bits per heavy atom. The maximum Gasteiger partial charge on any atom is 0.235 e. The SMILES string of the molecule is C=CCC(N=C=O)[PH](=O)O. The molecule has 4 nitrogen and oxygen atoms in total. The molecule has 2 unspecified atom stereocenters. The Morgan fingerprint density at radius 1 is 1.90 bits per heavy atom. The molecule has 0 fully saturated rings. The second kappa shape index (κ2) is 5.12. The topological polar surface area (TPSA) is 66.7 Å². The number of hydrogen-bond donors (Lipinski definition) is 1. The molecule has 5 heteroatoms. The van der Waals surface area contributed by atoms with Crippen LogP contribution < -0.4 is 0 Å². The van der Waals surface area contributed by atoms with Gasteiger partial charge in [-0.1, -0.05) is 6.08 Å². The number of rotatable bonds is 4. The first kappa shape index (κ1) is 9.31. The van der Waals surface area contributed by atoms with Gasteiger partial charge in [-0.3, -0.25) is 4.57 Å². The molecular formula is C5H8NO3P. The molecule has 10 heavy (non-hydrogen) atoms. The van der Waals surface area contributed by atoms with Crippen molar-refractivity contribution in [2.24, 2.45) is 4.99 Å². The van der Waals surface area contributed by atoms with Gasteiger partial charge in [-0.15, -0.1) is 6.58 Å². The lowest BCUT2D eigenvalue weighted by Gasteiger charge is -1.99. The first-order chi connectivity index (χ1) is 4.72. The van der Waals surface area contributed by atoms with Crippen molar-refractivity contribution in [3.8, 4) is 0 Å². The standard InChI is InChI=1S/C5H8NO3P/c1-2-3-5(6-4-7)10(8)9/h2,5,10H,1,3H2,(H,8,9). The Balaban J connectivity index is 4.10. The van der Waals surface area contributed by atoms with Gasteiger partial charge in [0.2, 0.25) is 14.1 Å². The molecule has 0 aliphatic carbocycles. The van der Waals surface area contributed by atoms with Crippen LogP contribution in [0.4, 0.5) is 0 Å². The molecule has 0 aliphatic heterocycles. The number of aliphatic imine (C=N–C) groups is 1. The van der Waals surface area contributed by atoms with Crippen molar-refractivity contribution in [1.29, 1.82) is 0 Å². The molecule has 0 saturated carbocycles. The molecule has 0 amide bonds. The average molecular weight is 161 g/mol. The minimum absolute atomic E-state index is 0.240. The van der Waals surface area contributed by atoms with E-state index in [9.17, 15) is 9.36 Å². The third-order valence-corrected chi connectivity index (χ3v) is 1.82. The summed E-state index contributed by atoms with van der Waals surface area (Å²) < 4.78 is 10.3. The van der Waals surface area contributed by atoms with Gasteiger partial charge in [-0.25, -0.2) is 4.79 Å². The van der Waals surface area contributed by atoms with Crippen molar-refractivity contribution in [1.82, 2.24) is 0 Å². The molecule has 0 aromatic carbocycles. The summed E-state index contributed by atoms with van der Waals surface area (Å²) in [6.07, 6.45) is 2.90. The van der Waals surface area contributed by atoms with Crippen LogP contribution in [0.3, 0.4) is 0 Å². The molecule has 2 atom stereocenters. The quantitative estimate of drug-likeness (QED) is 0.285. The van der Waals surface area contributed by atoms with Gasteiger partial charge in [0.25, 0.3) is 0 Å². The Morgan fingerprint density at radius 3 is 2.80 bits per heavy atom. The fourth-order valence-electron chi connectivity index (χ4n) is 0.430. The van der Waals surface area contributed by atoms with Crippen LogP contribution in [0.25, 0.3) is 0 Å². The van der Waals surface area contributed by atoms with E-state index in [1.165, 1.54) is 12.2 Å². The van der Waals surface area contributed by atoms with Gasteiger partial charge >= 0.3 is 0 Å². The fraction of sp³-hybridized carbons (Fsp3) is 0.400. The molecule has 56 valence electrons. The molecule has 0 aromatic heterocycles. The largest absolute Gasteiger partial charge is 0.345 e. The van der Waals surface area contributed by atoms with E-state index in [2.05, 4.69) is 11.6 Å². The van der Waals surface area contributed by atoms with E-state index in [0.717, 1.165) is 0 Å². The second-order valence-electron chi connectivity index (χ2n) is 1.60. The van der Waals surface area contributed by atoms with Crippen LogP contribution in [0, 0.1) is 0 Å². The highest BCUT2D eigenvalue weighted by Gasteiger charge is 2.09. The number of nitrogens with zero attached hydrogens (tertiary/aromatic N) is 1. The smallest absolute Gasteiger partial charge is 0.235 e. The van der Waals surface area contributed by atoms with Gasteiger partial charge in [0.15, 0.2) is 0 Å². The molecule has 0 aromatic rings. The Hall–Kier alpha value is -0.690. The summed E-state index contributed by atoms with van der Waals surface area (Å²) in [5, 5.41) is 0. The van der Waals surface area contributed by atoms with E-state index >= 15 is 0 Å². The minimum Gasteiger partial charge on any atom is -0.345 e. The maximum absolute atomic E-state index is 10.3. The van der Waals surface area contributed by atoms with E-state index in [1.54, 1.807) is 0 Å². The fourth-order valence-corrected chi connectivity index (χ4v) is 0.962. The second-order valence-corrected chi connectivity index (χ2v) is 2.94. The van der Waals surface area contributed by atoms with Gasteiger partial charge in [-0.05, 0) is 6.42 Å². The summed E-state index contributed by atoms with van der Waals surface area (Å²) in [4.78, 5) is 21.3. The van der Waals surface area contributed by atoms with Crippen LogP contribution in [0.2, 0.25) is 0 Å². The molecule has 0 radical (unpaired) electrons. The van der Waals surface area contributed by atoms with E-state index in [1.807, 2.05) is 0 Å². The Kier molecular flexibility index (Phi) is 4.77. The van der Waals surface area contributed by atoms with Gasteiger partial charge in [0, 0.05) is 0 Å². The zero-order valence-corrected chi connectivity index (χ0v) is 6.28. The molecule has 0 heterocycles. The van der Waals surface area contributed by atoms with Crippen LogP contribution in [0.5, 0.6) is 0 Å². The van der Waals surface area contributed by atoms with Crippen LogP contribution in [0.1, 0.15) is 6.42 Å². The molecule has 1 N–H and O–H groups in total. The summed E-state index contributed by atoms with van der Waals surface area (Å²) in [5.74, 6) is -0.833. The highest BCUT2D eigenvalue weighted by Crippen LogP contribution is 2.25. The lowest BCUT2D eigenvalue weighted by Crippen LogP contribution is -1.94. The molecule has 0 spiro atoms. The highest BCUT2D eigenvalue weighted by molar-refractivity contribution is 7.38. The summed E-state index contributed by atoms with van der Waals surface area (Å²) >= 11 is 0. The van der Waals surface area contributed by atoms with E-state index < -0.39 is 13.8 Å². The van der Waals surface area contributed by atoms with Crippen LogP contribution in [0.15, 0.2) is 17.6 Å². The lowest BCUT2D eigenvalue weighted by molar-refractivity contribution is 0.488. The van der Waals surface area contributed by atoms with Crippen molar-refractivity contribution in [3.05, 3.63) is 12.7 Å². The van der Waals surface area contributed by atoms with Crippen LogP contribution in [-0.2, 0) is 9.36 Å². The molecule has 0 rings (SSSR count). The normalized spacial score (nSPS) is 14.9. The van der Waals surface area contributed by atoms with Gasteiger partial charge < -0.3 is 4.89 Å². The van der Waals surface area contributed by atoms with Gasteiger partial charge in [-0.2, -0.15) is 4.99 Å². The monoisotopic (exact) mass is 161 g/mol. The number of hydrogen-bond acceptors (Lipinski definition) is 3. The first-order valence-corrected chi connectivity index (χ1v) is 4.06. The number of carbonyl (C=O) groups excluding carboxylic acids is 1. The minimum atomic E-state index is -2.75. The predicted octanol–water partition coefficient (Wildman–Crippen LogP) is 0.691. The molecule has 0 bridgehead atoms. The van der Waals surface area contributed by atoms with Crippen LogP contribution in [-0.4, -0.2) is 16.8 Å². The van der Waals surface area contributed by atoms with Crippen molar-refractivity contribution in [2.75, 3.05) is 0 Å². The molecule has 0 aliphatic rings. The van der Waals surface area contributed by atoms with Crippen molar-refractivity contribution >= 4 is 14.1 Å². The van der Waals surface area contributed by atoms with Crippen molar-refractivity contribution in [3.63, 3.8) is 0 Å². The van der Waals surface area contributed by atoms with Gasteiger partial charge in [0.1, 0.15) is 5.78 Å². The van der Waals surface area contributed by atoms with Crippen molar-refractivity contribution in [2.45, 2.75) is 12.2 Å². The van der Waals surface area contributed by atoms with Crippen molar-refractivity contribution < 1.29 is 14.3 Å². The van der Waals surface area contributed by atoms with E-state index in [4.69, 9.17) is 4.89 Å². The van der Waals surface area contributed by atoms with E-state index in [-0.39, 0.29) is 6.42 Å². The molecule has 0 saturated heterocycles. The summed E-state index contributed by atoms with van der Waals surface area (Å²) in [6.45, 7) is 3.34. The summed E-state index contributed by atoms with van der Waals surface area (Å²) in [5.41, 5.74) is 0. The zero-order chi connectivity index (χ0) is 7.98. The number of isocyanates is 1. The van der Waals surface area contributed by atoms with Gasteiger partial charge in [0.05, 0.1) is 0 Å². The first-order valence-electron chi connectivity index (χ1n) is 2.63. The zero-order valence-electron chi connectivity index (χ0n) is 5.28. The lowest BCUT2D eigenvalue weighted by atomic mass is 10.4. The Labute approximate surface area is 59.2 Å². The maximum atomic E-state index is 10.3. The Bertz CT molecular complexity index is 183. The summed E-state index contributed by atoms with van der Waals surface area (Å²) in [6, 6.07) is 0. The average Bonchev–Trinajstić information content (AvgIpc) is 1.87.